The molecule has 2 N–H and O–H groups in total. The van der Waals surface area contributed by atoms with Crippen molar-refractivity contribution in [2.45, 2.75) is 32.2 Å². The second-order valence-corrected chi connectivity index (χ2v) is 5.76. The summed E-state index contributed by atoms with van der Waals surface area (Å²) in [6, 6.07) is 6.10. The van der Waals surface area contributed by atoms with E-state index in [1.807, 2.05) is 12.1 Å². The Morgan fingerprint density at radius 1 is 1.41 bits per heavy atom. The fraction of sp³-hybridized carbons (Fsp3) is 0.462. The van der Waals surface area contributed by atoms with E-state index in [4.69, 9.17) is 5.73 Å². The fourth-order valence-electron chi connectivity index (χ4n) is 2.29. The van der Waals surface area contributed by atoms with Gasteiger partial charge in [-0.15, -0.1) is 0 Å². The molecule has 0 radical (unpaired) electrons. The van der Waals surface area contributed by atoms with Crippen LogP contribution in [0.4, 0.5) is 5.95 Å². The number of benzene rings is 1. The minimum absolute atomic E-state index is 0.633. The van der Waals surface area contributed by atoms with Crippen LogP contribution in [0.25, 0.3) is 11.0 Å². The third-order valence-corrected chi connectivity index (χ3v) is 3.92. The molecule has 0 aliphatic heterocycles. The number of nitrogen functional groups attached to an aromatic ring is 1. The van der Waals surface area contributed by atoms with Gasteiger partial charge in [-0.2, -0.15) is 0 Å². The molecule has 17 heavy (non-hydrogen) atoms. The predicted molar refractivity (Wildman–Crippen MR) is 73.8 cm³/mol. The van der Waals surface area contributed by atoms with Gasteiger partial charge >= 0.3 is 0 Å². The smallest absolute Gasteiger partial charge is 0.201 e. The highest BCUT2D eigenvalue weighted by molar-refractivity contribution is 9.10. The van der Waals surface area contributed by atoms with E-state index in [0.717, 1.165) is 28.0 Å². The molecule has 3 rings (SSSR count). The van der Waals surface area contributed by atoms with Gasteiger partial charge in [0.15, 0.2) is 0 Å². The monoisotopic (exact) mass is 293 g/mol. The molecular formula is C13H16BrN3. The summed E-state index contributed by atoms with van der Waals surface area (Å²) in [5.41, 5.74) is 8.09. The zero-order chi connectivity index (χ0) is 11.8. The molecule has 1 heterocycles. The first-order valence-corrected chi connectivity index (χ1v) is 6.94. The number of imidazole rings is 1. The van der Waals surface area contributed by atoms with Gasteiger partial charge in [0.05, 0.1) is 11.0 Å². The number of anilines is 1. The van der Waals surface area contributed by atoms with Gasteiger partial charge in [-0.3, -0.25) is 0 Å². The van der Waals surface area contributed by atoms with Gasteiger partial charge in [-0.05, 0) is 37.0 Å². The SMILES string of the molecule is Nc1nc2ccc(Br)cc2n1CCCC1CC1. The number of nitrogens with two attached hydrogens (primary N) is 1. The Kier molecular flexibility index (Phi) is 2.82. The van der Waals surface area contributed by atoms with Crippen molar-refractivity contribution >= 4 is 32.9 Å². The maximum Gasteiger partial charge on any atom is 0.201 e. The minimum atomic E-state index is 0.633. The highest BCUT2D eigenvalue weighted by Crippen LogP contribution is 2.34. The Morgan fingerprint density at radius 3 is 3.00 bits per heavy atom. The van der Waals surface area contributed by atoms with Gasteiger partial charge < -0.3 is 10.3 Å². The van der Waals surface area contributed by atoms with E-state index < -0.39 is 0 Å². The minimum Gasteiger partial charge on any atom is -0.369 e. The van der Waals surface area contributed by atoms with Crippen molar-refractivity contribution in [2.75, 3.05) is 5.73 Å². The first-order valence-electron chi connectivity index (χ1n) is 6.15. The van der Waals surface area contributed by atoms with Crippen LogP contribution in [0.5, 0.6) is 0 Å². The van der Waals surface area contributed by atoms with E-state index in [2.05, 4.69) is 31.5 Å². The molecule has 0 saturated heterocycles. The van der Waals surface area contributed by atoms with Crippen molar-refractivity contribution in [2.24, 2.45) is 5.92 Å². The number of aryl methyl sites for hydroxylation is 1. The Morgan fingerprint density at radius 2 is 2.24 bits per heavy atom. The summed E-state index contributed by atoms with van der Waals surface area (Å²) in [6.07, 6.45) is 5.37. The number of hydrogen-bond acceptors (Lipinski definition) is 2. The summed E-state index contributed by atoms with van der Waals surface area (Å²) < 4.78 is 3.20. The van der Waals surface area contributed by atoms with Crippen LogP contribution < -0.4 is 5.73 Å². The second-order valence-electron chi connectivity index (χ2n) is 4.84. The van der Waals surface area contributed by atoms with Crippen molar-refractivity contribution in [3.63, 3.8) is 0 Å². The zero-order valence-corrected chi connectivity index (χ0v) is 11.3. The summed E-state index contributed by atoms with van der Waals surface area (Å²) in [6.45, 7) is 0.981. The average molecular weight is 294 g/mol. The predicted octanol–water partition coefficient (Wildman–Crippen LogP) is 3.57. The molecule has 0 spiro atoms. The molecule has 4 heteroatoms. The highest BCUT2D eigenvalue weighted by atomic mass is 79.9. The first kappa shape index (κ1) is 11.1. The summed E-state index contributed by atoms with van der Waals surface area (Å²) in [5.74, 6) is 1.62. The molecule has 1 fully saturated rings. The van der Waals surface area contributed by atoms with Gasteiger partial charge in [-0.25, -0.2) is 4.98 Å². The number of nitrogens with zero attached hydrogens (tertiary/aromatic N) is 2. The van der Waals surface area contributed by atoms with E-state index in [9.17, 15) is 0 Å². The molecular weight excluding hydrogens is 278 g/mol. The molecule has 0 unspecified atom stereocenters. The zero-order valence-electron chi connectivity index (χ0n) is 9.69. The summed E-state index contributed by atoms with van der Waals surface area (Å²) in [5, 5.41) is 0. The van der Waals surface area contributed by atoms with Crippen molar-refractivity contribution < 1.29 is 0 Å². The molecule has 90 valence electrons. The van der Waals surface area contributed by atoms with Crippen LogP contribution in [0, 0.1) is 5.92 Å². The summed E-state index contributed by atoms with van der Waals surface area (Å²) in [7, 11) is 0. The van der Waals surface area contributed by atoms with Crippen molar-refractivity contribution in [3.8, 4) is 0 Å². The highest BCUT2D eigenvalue weighted by Gasteiger charge is 2.20. The molecule has 2 aromatic rings. The van der Waals surface area contributed by atoms with Gasteiger partial charge in [0.25, 0.3) is 0 Å². The third-order valence-electron chi connectivity index (χ3n) is 3.43. The van der Waals surface area contributed by atoms with Crippen LogP contribution in [0.2, 0.25) is 0 Å². The van der Waals surface area contributed by atoms with Crippen molar-refractivity contribution in [3.05, 3.63) is 22.7 Å². The molecule has 3 nitrogen and oxygen atoms in total. The molecule has 0 bridgehead atoms. The Hall–Kier alpha value is -1.03. The molecule has 0 amide bonds. The largest absolute Gasteiger partial charge is 0.369 e. The number of aromatic nitrogens is 2. The topological polar surface area (TPSA) is 43.8 Å². The van der Waals surface area contributed by atoms with Crippen LogP contribution in [0.3, 0.4) is 0 Å². The lowest BCUT2D eigenvalue weighted by Gasteiger charge is -2.06. The Balaban J connectivity index is 1.84. The van der Waals surface area contributed by atoms with E-state index in [-0.39, 0.29) is 0 Å². The quantitative estimate of drug-likeness (QED) is 0.936. The van der Waals surface area contributed by atoms with Crippen LogP contribution in [0.1, 0.15) is 25.7 Å². The van der Waals surface area contributed by atoms with E-state index in [1.54, 1.807) is 0 Å². The van der Waals surface area contributed by atoms with Gasteiger partial charge in [0, 0.05) is 11.0 Å². The average Bonchev–Trinajstić information content (AvgIpc) is 3.06. The molecule has 1 saturated carbocycles. The number of rotatable bonds is 4. The lowest BCUT2D eigenvalue weighted by Crippen LogP contribution is -2.03. The lowest BCUT2D eigenvalue weighted by atomic mass is 10.2. The standard InChI is InChI=1S/C13H16BrN3/c14-10-5-6-11-12(8-10)17(13(15)16-11)7-1-2-9-3-4-9/h5-6,8-9H,1-4,7H2,(H2,15,16). The van der Waals surface area contributed by atoms with E-state index >= 15 is 0 Å². The maximum atomic E-state index is 5.97. The van der Waals surface area contributed by atoms with Crippen LogP contribution in [-0.2, 0) is 6.54 Å². The normalized spacial score (nSPS) is 15.6. The molecule has 1 aliphatic carbocycles. The first-order chi connectivity index (χ1) is 8.24. The number of fused-ring (bicyclic) bond motifs is 1. The molecule has 0 atom stereocenters. The fourth-order valence-corrected chi connectivity index (χ4v) is 2.64. The Bertz CT molecular complexity index is 543. The van der Waals surface area contributed by atoms with E-state index in [0.29, 0.717) is 5.95 Å². The molecule has 1 aromatic carbocycles. The van der Waals surface area contributed by atoms with Crippen LogP contribution in [0.15, 0.2) is 22.7 Å². The second kappa shape index (κ2) is 4.33. The van der Waals surface area contributed by atoms with Crippen LogP contribution in [-0.4, -0.2) is 9.55 Å². The van der Waals surface area contributed by atoms with Crippen LogP contribution >= 0.6 is 15.9 Å². The van der Waals surface area contributed by atoms with Gasteiger partial charge in [0.1, 0.15) is 0 Å². The van der Waals surface area contributed by atoms with Crippen molar-refractivity contribution in [1.29, 1.82) is 0 Å². The maximum absolute atomic E-state index is 5.97. The molecule has 1 aromatic heterocycles. The van der Waals surface area contributed by atoms with Gasteiger partial charge in [0.2, 0.25) is 5.95 Å². The van der Waals surface area contributed by atoms with E-state index in [1.165, 1.54) is 25.7 Å². The number of halogens is 1. The summed E-state index contributed by atoms with van der Waals surface area (Å²) >= 11 is 3.50. The third kappa shape index (κ3) is 2.32. The lowest BCUT2D eigenvalue weighted by molar-refractivity contribution is 0.590. The van der Waals surface area contributed by atoms with Crippen molar-refractivity contribution in [1.82, 2.24) is 9.55 Å². The molecule has 1 aliphatic rings. The number of hydrogen-bond donors (Lipinski definition) is 1. The summed E-state index contributed by atoms with van der Waals surface area (Å²) in [4.78, 5) is 4.39. The Labute approximate surface area is 109 Å². The van der Waals surface area contributed by atoms with Gasteiger partial charge in [-0.1, -0.05) is 28.8 Å².